The van der Waals surface area contributed by atoms with Crippen LogP contribution < -0.4 is 11.1 Å². The molecule has 0 aliphatic heterocycles. The number of amides is 1. The second-order valence-electron chi connectivity index (χ2n) is 6.39. The van der Waals surface area contributed by atoms with Crippen molar-refractivity contribution in [2.75, 3.05) is 6.54 Å². The lowest BCUT2D eigenvalue weighted by atomic mass is 10.0. The highest BCUT2D eigenvalue weighted by molar-refractivity contribution is 6.06. The van der Waals surface area contributed by atoms with E-state index in [1.165, 1.54) is 0 Å². The lowest BCUT2D eigenvalue weighted by Crippen LogP contribution is -2.29. The minimum Gasteiger partial charge on any atom is -0.352 e. The first-order chi connectivity index (χ1) is 12.0. The maximum atomic E-state index is 12.7. The quantitative estimate of drug-likeness (QED) is 0.713. The Kier molecular flexibility index (Phi) is 6.34. The molecule has 1 amide bonds. The Bertz CT molecular complexity index is 904. The fourth-order valence-electron chi connectivity index (χ4n) is 2.65. The average molecular weight is 375 g/mol. The Morgan fingerprint density at radius 2 is 1.96 bits per heavy atom. The van der Waals surface area contributed by atoms with Crippen LogP contribution in [0.5, 0.6) is 0 Å². The molecule has 0 radical (unpaired) electrons. The molecule has 138 valence electrons. The largest absolute Gasteiger partial charge is 0.352 e. The molecule has 0 bridgehead atoms. The van der Waals surface area contributed by atoms with E-state index in [-0.39, 0.29) is 24.4 Å². The fourth-order valence-corrected chi connectivity index (χ4v) is 2.65. The highest BCUT2D eigenvalue weighted by Gasteiger charge is 2.19. The van der Waals surface area contributed by atoms with Gasteiger partial charge in [-0.25, -0.2) is 4.98 Å². The summed E-state index contributed by atoms with van der Waals surface area (Å²) in [5, 5.41) is 7.52. The van der Waals surface area contributed by atoms with Gasteiger partial charge in [0.15, 0.2) is 0 Å². The van der Waals surface area contributed by atoms with Crippen LogP contribution in [0.25, 0.3) is 22.4 Å². The minimum absolute atomic E-state index is 0. The molecule has 0 spiro atoms. The van der Waals surface area contributed by atoms with Gasteiger partial charge in [0.05, 0.1) is 22.3 Å². The minimum atomic E-state index is -0.173. The van der Waals surface area contributed by atoms with E-state index in [1.807, 2.05) is 38.1 Å². The summed E-state index contributed by atoms with van der Waals surface area (Å²) < 4.78 is 5.31. The third kappa shape index (κ3) is 4.20. The van der Waals surface area contributed by atoms with Crippen molar-refractivity contribution >= 4 is 29.4 Å². The molecule has 1 unspecified atom stereocenters. The number of fused-ring (bicyclic) bond motifs is 1. The molecule has 7 heteroatoms. The number of carbonyl (C=O) groups is 1. The normalized spacial score (nSPS) is 11.8. The molecule has 0 aliphatic carbocycles. The van der Waals surface area contributed by atoms with Gasteiger partial charge in [0.2, 0.25) is 0 Å². The summed E-state index contributed by atoms with van der Waals surface area (Å²) in [6.07, 6.45) is 0.716. The van der Waals surface area contributed by atoms with Gasteiger partial charge in [-0.05, 0) is 33.3 Å². The molecule has 1 atom stereocenters. The Labute approximate surface area is 158 Å². The summed E-state index contributed by atoms with van der Waals surface area (Å²) in [7, 11) is 0. The van der Waals surface area contributed by atoms with Crippen LogP contribution in [-0.2, 0) is 0 Å². The molecule has 2 heterocycles. The van der Waals surface area contributed by atoms with E-state index in [0.717, 1.165) is 11.1 Å². The summed E-state index contributed by atoms with van der Waals surface area (Å²) in [4.78, 5) is 17.2. The van der Waals surface area contributed by atoms with Crippen LogP contribution in [0.1, 0.15) is 35.0 Å². The Balaban J connectivity index is 0.00000243. The van der Waals surface area contributed by atoms with Gasteiger partial charge < -0.3 is 15.6 Å². The summed E-state index contributed by atoms with van der Waals surface area (Å²) in [6.45, 7) is 6.26. The predicted octanol–water partition coefficient (Wildman–Crippen LogP) is 3.40. The average Bonchev–Trinajstić information content (AvgIpc) is 2.95. The SMILES string of the molecule is Cc1ccc(-c2cc(C(=O)NCCC(C)N)c3c(C)noc3n2)cc1.Cl. The molecule has 1 aromatic carbocycles. The molecular formula is C19H23ClN4O2. The van der Waals surface area contributed by atoms with Crippen LogP contribution in [0.2, 0.25) is 0 Å². The molecule has 0 aliphatic rings. The van der Waals surface area contributed by atoms with Gasteiger partial charge in [-0.3, -0.25) is 4.79 Å². The van der Waals surface area contributed by atoms with Crippen molar-refractivity contribution in [1.82, 2.24) is 15.5 Å². The number of carbonyl (C=O) groups excluding carboxylic acids is 1. The van der Waals surface area contributed by atoms with Crippen molar-refractivity contribution in [3.63, 3.8) is 0 Å². The van der Waals surface area contributed by atoms with E-state index in [4.69, 9.17) is 10.3 Å². The topological polar surface area (TPSA) is 94.0 Å². The van der Waals surface area contributed by atoms with Crippen molar-refractivity contribution < 1.29 is 9.32 Å². The van der Waals surface area contributed by atoms with Gasteiger partial charge in [-0.2, -0.15) is 0 Å². The molecule has 2 aromatic heterocycles. The van der Waals surface area contributed by atoms with Gasteiger partial charge in [-0.1, -0.05) is 35.0 Å². The van der Waals surface area contributed by atoms with Crippen molar-refractivity contribution in [2.45, 2.75) is 33.2 Å². The zero-order chi connectivity index (χ0) is 18.0. The van der Waals surface area contributed by atoms with Crippen molar-refractivity contribution in [1.29, 1.82) is 0 Å². The number of hydrogen-bond acceptors (Lipinski definition) is 5. The third-order valence-electron chi connectivity index (χ3n) is 4.09. The maximum absolute atomic E-state index is 12.7. The molecule has 3 N–H and O–H groups in total. The van der Waals surface area contributed by atoms with Crippen molar-refractivity contribution in [2.24, 2.45) is 5.73 Å². The predicted molar refractivity (Wildman–Crippen MR) is 105 cm³/mol. The second-order valence-corrected chi connectivity index (χ2v) is 6.39. The number of nitrogens with zero attached hydrogens (tertiary/aromatic N) is 2. The zero-order valence-electron chi connectivity index (χ0n) is 15.1. The molecule has 26 heavy (non-hydrogen) atoms. The second kappa shape index (κ2) is 8.29. The number of benzene rings is 1. The molecule has 3 rings (SSSR count). The Morgan fingerprint density at radius 3 is 2.62 bits per heavy atom. The summed E-state index contributed by atoms with van der Waals surface area (Å²) >= 11 is 0. The van der Waals surface area contributed by atoms with E-state index in [9.17, 15) is 4.79 Å². The number of aromatic nitrogens is 2. The van der Waals surface area contributed by atoms with E-state index in [2.05, 4.69) is 15.5 Å². The first-order valence-electron chi connectivity index (χ1n) is 8.33. The number of pyridine rings is 1. The van der Waals surface area contributed by atoms with Crippen LogP contribution in [0, 0.1) is 13.8 Å². The van der Waals surface area contributed by atoms with E-state index < -0.39 is 0 Å². The molecule has 6 nitrogen and oxygen atoms in total. The molecule has 0 saturated heterocycles. The van der Waals surface area contributed by atoms with E-state index in [1.54, 1.807) is 13.0 Å². The lowest BCUT2D eigenvalue weighted by Gasteiger charge is -2.09. The highest BCUT2D eigenvalue weighted by Crippen LogP contribution is 2.27. The number of nitrogens with two attached hydrogens (primary N) is 1. The van der Waals surface area contributed by atoms with Crippen LogP contribution in [-0.4, -0.2) is 28.6 Å². The Hall–Kier alpha value is -2.44. The first kappa shape index (κ1) is 19.9. The summed E-state index contributed by atoms with van der Waals surface area (Å²) in [5.74, 6) is -0.173. The Morgan fingerprint density at radius 1 is 1.27 bits per heavy atom. The molecular weight excluding hydrogens is 352 g/mol. The number of halogens is 1. The van der Waals surface area contributed by atoms with Gasteiger partial charge in [0, 0.05) is 18.2 Å². The first-order valence-corrected chi connectivity index (χ1v) is 8.33. The molecule has 3 aromatic rings. The smallest absolute Gasteiger partial charge is 0.259 e. The standard InChI is InChI=1S/C19H22N4O2.ClH/c1-11-4-6-14(7-5-11)16-10-15(18(24)21-9-8-12(2)20)17-13(3)23-25-19(17)22-16;/h4-7,10,12H,8-9,20H2,1-3H3,(H,21,24);1H. The maximum Gasteiger partial charge on any atom is 0.259 e. The number of rotatable bonds is 5. The van der Waals surface area contributed by atoms with Crippen LogP contribution >= 0.6 is 12.4 Å². The molecule has 0 fully saturated rings. The van der Waals surface area contributed by atoms with Gasteiger partial charge >= 0.3 is 0 Å². The monoisotopic (exact) mass is 374 g/mol. The van der Waals surface area contributed by atoms with Crippen LogP contribution in [0.3, 0.4) is 0 Å². The third-order valence-corrected chi connectivity index (χ3v) is 4.09. The summed E-state index contributed by atoms with van der Waals surface area (Å²) in [5.41, 5.74) is 10.0. The number of nitrogens with one attached hydrogen (secondary N) is 1. The van der Waals surface area contributed by atoms with E-state index >= 15 is 0 Å². The zero-order valence-corrected chi connectivity index (χ0v) is 15.9. The molecule has 0 saturated carbocycles. The summed E-state index contributed by atoms with van der Waals surface area (Å²) in [6, 6.07) is 9.80. The van der Waals surface area contributed by atoms with Crippen LogP contribution in [0.4, 0.5) is 0 Å². The van der Waals surface area contributed by atoms with Crippen molar-refractivity contribution in [3.05, 3.63) is 47.2 Å². The van der Waals surface area contributed by atoms with Gasteiger partial charge in [0.1, 0.15) is 0 Å². The van der Waals surface area contributed by atoms with E-state index in [0.29, 0.717) is 41.0 Å². The number of hydrogen-bond donors (Lipinski definition) is 2. The highest BCUT2D eigenvalue weighted by atomic mass is 35.5. The lowest BCUT2D eigenvalue weighted by molar-refractivity contribution is 0.0954. The fraction of sp³-hybridized carbons (Fsp3) is 0.316. The number of aryl methyl sites for hydroxylation is 2. The van der Waals surface area contributed by atoms with Crippen molar-refractivity contribution in [3.8, 4) is 11.3 Å². The van der Waals surface area contributed by atoms with Gasteiger partial charge in [0.25, 0.3) is 11.6 Å². The van der Waals surface area contributed by atoms with Crippen LogP contribution in [0.15, 0.2) is 34.9 Å². The van der Waals surface area contributed by atoms with Gasteiger partial charge in [-0.15, -0.1) is 12.4 Å².